The van der Waals surface area contributed by atoms with E-state index in [-0.39, 0.29) is 24.1 Å². The Labute approximate surface area is 168 Å². The van der Waals surface area contributed by atoms with Gasteiger partial charge in [-0.3, -0.25) is 4.79 Å². The van der Waals surface area contributed by atoms with Gasteiger partial charge < -0.3 is 10.1 Å². The number of benzene rings is 1. The summed E-state index contributed by atoms with van der Waals surface area (Å²) in [5, 5.41) is 9.91. The maximum absolute atomic E-state index is 12.7. The normalized spacial score (nSPS) is 14.0. The molecule has 3 aromatic rings. The molecule has 1 fully saturated rings. The van der Waals surface area contributed by atoms with Crippen LogP contribution in [0.25, 0.3) is 0 Å². The van der Waals surface area contributed by atoms with Crippen LogP contribution in [0.4, 0.5) is 13.2 Å². The van der Waals surface area contributed by atoms with E-state index in [1.54, 1.807) is 11.3 Å². The number of nitrogens with zero attached hydrogens (tertiary/aromatic N) is 3. The minimum absolute atomic E-state index is 0.0660. The van der Waals surface area contributed by atoms with Gasteiger partial charge in [-0.2, -0.15) is 18.3 Å². The van der Waals surface area contributed by atoms with Gasteiger partial charge in [-0.05, 0) is 37.1 Å². The number of halogens is 3. The summed E-state index contributed by atoms with van der Waals surface area (Å²) >= 11 is 1.61. The molecule has 1 N–H and O–H groups in total. The topological polar surface area (TPSA) is 69.0 Å². The Morgan fingerprint density at radius 3 is 2.90 bits per heavy atom. The number of thiazole rings is 1. The minimum Gasteiger partial charge on any atom is -0.471 e. The molecule has 0 radical (unpaired) electrons. The highest BCUT2D eigenvalue weighted by molar-refractivity contribution is 7.09. The number of rotatable bonds is 7. The third-order valence-corrected chi connectivity index (χ3v) is 5.38. The first-order chi connectivity index (χ1) is 13.9. The maximum atomic E-state index is 12.7. The van der Waals surface area contributed by atoms with E-state index in [0.717, 1.165) is 22.8 Å². The molecule has 2 aromatic heterocycles. The monoisotopic (exact) mass is 422 g/mol. The highest BCUT2D eigenvalue weighted by Gasteiger charge is 2.30. The average molecular weight is 422 g/mol. The molecule has 0 spiro atoms. The zero-order valence-corrected chi connectivity index (χ0v) is 16.0. The fourth-order valence-corrected chi connectivity index (χ4v) is 3.63. The number of carbonyl (C=O) groups excluding carboxylic acids is 1. The number of nitrogens with one attached hydrogen (secondary N) is 1. The molecule has 10 heteroatoms. The summed E-state index contributed by atoms with van der Waals surface area (Å²) in [5.41, 5.74) is 0.218. The molecule has 152 valence electrons. The largest absolute Gasteiger partial charge is 0.471 e. The second-order valence-corrected chi connectivity index (χ2v) is 7.56. The zero-order chi connectivity index (χ0) is 20.4. The number of alkyl halides is 3. The lowest BCUT2D eigenvalue weighted by Crippen LogP contribution is -2.23. The molecule has 29 heavy (non-hydrogen) atoms. The van der Waals surface area contributed by atoms with Crippen molar-refractivity contribution in [2.24, 2.45) is 0 Å². The molecule has 0 bridgehead atoms. The van der Waals surface area contributed by atoms with E-state index in [0.29, 0.717) is 12.5 Å². The fraction of sp³-hybridized carbons (Fsp3) is 0.316. The van der Waals surface area contributed by atoms with E-state index in [2.05, 4.69) is 15.4 Å². The Hall–Kier alpha value is -2.88. The molecule has 4 rings (SSSR count). The third-order valence-electron chi connectivity index (χ3n) is 4.32. The van der Waals surface area contributed by atoms with Crippen molar-refractivity contribution < 1.29 is 22.7 Å². The molecular formula is C19H17F3N4O2S. The van der Waals surface area contributed by atoms with Crippen molar-refractivity contribution in [3.8, 4) is 5.75 Å². The van der Waals surface area contributed by atoms with Gasteiger partial charge in [0.1, 0.15) is 11.4 Å². The number of ether oxygens (including phenoxy) is 1. The summed E-state index contributed by atoms with van der Waals surface area (Å²) in [5.74, 6) is 0.289. The van der Waals surface area contributed by atoms with Gasteiger partial charge in [0.05, 0.1) is 22.8 Å². The molecular weight excluding hydrogens is 405 g/mol. The first kappa shape index (κ1) is 19.4. The third kappa shape index (κ3) is 4.94. The second kappa shape index (κ2) is 7.86. The number of aromatic nitrogens is 3. The summed E-state index contributed by atoms with van der Waals surface area (Å²) < 4.78 is 44.9. The van der Waals surface area contributed by atoms with Gasteiger partial charge >= 0.3 is 6.18 Å². The Morgan fingerprint density at radius 2 is 2.14 bits per heavy atom. The minimum atomic E-state index is -4.44. The predicted molar refractivity (Wildman–Crippen MR) is 99.6 cm³/mol. The molecule has 1 aliphatic rings. The van der Waals surface area contributed by atoms with Crippen LogP contribution < -0.4 is 10.1 Å². The van der Waals surface area contributed by atoms with E-state index in [1.165, 1.54) is 41.9 Å². The van der Waals surface area contributed by atoms with Crippen molar-refractivity contribution in [1.82, 2.24) is 20.1 Å². The van der Waals surface area contributed by atoms with Crippen LogP contribution in [0, 0.1) is 0 Å². The van der Waals surface area contributed by atoms with Crippen LogP contribution in [-0.4, -0.2) is 20.7 Å². The number of hydrogen-bond acceptors (Lipinski definition) is 5. The van der Waals surface area contributed by atoms with Crippen molar-refractivity contribution in [2.75, 3.05) is 0 Å². The second-order valence-electron chi connectivity index (χ2n) is 6.67. The van der Waals surface area contributed by atoms with Crippen LogP contribution in [0.3, 0.4) is 0 Å². The molecule has 1 amide bonds. The molecule has 0 atom stereocenters. The Morgan fingerprint density at radius 1 is 1.31 bits per heavy atom. The van der Waals surface area contributed by atoms with Crippen LogP contribution in [0.15, 0.2) is 41.9 Å². The maximum Gasteiger partial charge on any atom is 0.416 e. The van der Waals surface area contributed by atoms with Crippen LogP contribution >= 0.6 is 11.3 Å². The van der Waals surface area contributed by atoms with Gasteiger partial charge in [0.25, 0.3) is 5.91 Å². The molecule has 1 saturated carbocycles. The lowest BCUT2D eigenvalue weighted by molar-refractivity contribution is -0.137. The van der Waals surface area contributed by atoms with Crippen molar-refractivity contribution in [1.29, 1.82) is 0 Å². The Balaban J connectivity index is 1.30. The van der Waals surface area contributed by atoms with Gasteiger partial charge in [0.2, 0.25) is 0 Å². The Kier molecular flexibility index (Phi) is 5.27. The molecule has 1 aromatic carbocycles. The number of amides is 1. The van der Waals surface area contributed by atoms with E-state index >= 15 is 0 Å². The van der Waals surface area contributed by atoms with Gasteiger partial charge in [0, 0.05) is 17.5 Å². The van der Waals surface area contributed by atoms with Crippen molar-refractivity contribution in [3.05, 3.63) is 63.9 Å². The van der Waals surface area contributed by atoms with E-state index in [9.17, 15) is 18.0 Å². The molecule has 0 unspecified atom stereocenters. The van der Waals surface area contributed by atoms with Gasteiger partial charge in [0.15, 0.2) is 6.73 Å². The molecule has 0 saturated heterocycles. The van der Waals surface area contributed by atoms with Crippen LogP contribution in [0.1, 0.15) is 45.5 Å². The number of carbonyl (C=O) groups is 1. The Bertz CT molecular complexity index is 1010. The molecule has 6 nitrogen and oxygen atoms in total. The lowest BCUT2D eigenvalue weighted by atomic mass is 10.2. The van der Waals surface area contributed by atoms with Crippen molar-refractivity contribution >= 4 is 17.2 Å². The van der Waals surface area contributed by atoms with Gasteiger partial charge in [-0.25, -0.2) is 9.67 Å². The summed E-state index contributed by atoms with van der Waals surface area (Å²) in [6, 6.07) is 6.10. The SMILES string of the molecule is O=C(NCc1csc(C2CC2)n1)c1ccn(COc2cccc(C(F)(F)F)c2)n1. The summed E-state index contributed by atoms with van der Waals surface area (Å²) in [7, 11) is 0. The smallest absolute Gasteiger partial charge is 0.416 e. The van der Waals surface area contributed by atoms with E-state index in [4.69, 9.17) is 4.74 Å². The predicted octanol–water partition coefficient (Wildman–Crippen LogP) is 4.20. The summed E-state index contributed by atoms with van der Waals surface area (Å²) in [6.45, 7) is 0.196. The fourth-order valence-electron chi connectivity index (χ4n) is 2.64. The highest BCUT2D eigenvalue weighted by atomic mass is 32.1. The molecule has 2 heterocycles. The van der Waals surface area contributed by atoms with Crippen molar-refractivity contribution in [3.63, 3.8) is 0 Å². The highest BCUT2D eigenvalue weighted by Crippen LogP contribution is 2.41. The van der Waals surface area contributed by atoms with Crippen molar-refractivity contribution in [2.45, 2.75) is 38.2 Å². The van der Waals surface area contributed by atoms with Gasteiger partial charge in [-0.15, -0.1) is 11.3 Å². The summed E-state index contributed by atoms with van der Waals surface area (Å²) in [4.78, 5) is 16.7. The van der Waals surface area contributed by atoms with Crippen LogP contribution in [0.5, 0.6) is 5.75 Å². The first-order valence-corrected chi connectivity index (χ1v) is 9.82. The molecule has 0 aliphatic heterocycles. The quantitative estimate of drug-likeness (QED) is 0.620. The standard InChI is InChI=1S/C19H17F3N4O2S/c20-19(21,22)13-2-1-3-15(8-13)28-11-26-7-6-16(25-26)17(27)23-9-14-10-29-18(24-14)12-4-5-12/h1-3,6-8,10,12H,4-5,9,11H2,(H,23,27). The van der Waals surface area contributed by atoms with Crippen LogP contribution in [0.2, 0.25) is 0 Å². The number of hydrogen-bond donors (Lipinski definition) is 1. The lowest BCUT2D eigenvalue weighted by Gasteiger charge is -2.10. The first-order valence-electron chi connectivity index (χ1n) is 8.94. The zero-order valence-electron chi connectivity index (χ0n) is 15.1. The van der Waals surface area contributed by atoms with Crippen LogP contribution in [-0.2, 0) is 19.5 Å². The van der Waals surface area contributed by atoms with Gasteiger partial charge in [-0.1, -0.05) is 6.07 Å². The van der Waals surface area contributed by atoms with E-state index in [1.807, 2.05) is 5.38 Å². The van der Waals surface area contributed by atoms with E-state index < -0.39 is 11.7 Å². The summed E-state index contributed by atoms with van der Waals surface area (Å²) in [6.07, 6.45) is -0.553. The average Bonchev–Trinajstić information content (AvgIpc) is 3.25. The molecule has 1 aliphatic carbocycles.